The van der Waals surface area contributed by atoms with E-state index in [2.05, 4.69) is 5.32 Å². The van der Waals surface area contributed by atoms with Gasteiger partial charge in [0.1, 0.15) is 5.91 Å². The fourth-order valence-electron chi connectivity index (χ4n) is 1.22. The molecule has 0 aliphatic rings. The van der Waals surface area contributed by atoms with Gasteiger partial charge in [-0.25, -0.2) is 0 Å². The Kier molecular flexibility index (Phi) is 9.64. The molecule has 0 aromatic rings. The van der Waals surface area contributed by atoms with Crippen molar-refractivity contribution in [3.05, 3.63) is 0 Å². The Bertz CT molecular complexity index is 121. The van der Waals surface area contributed by atoms with Crippen molar-refractivity contribution in [2.75, 3.05) is 27.3 Å². The molecule has 0 bridgehead atoms. The summed E-state index contributed by atoms with van der Waals surface area (Å²) in [6.07, 6.45) is 1.20. The number of nitrogens with two attached hydrogens (primary N) is 1. The van der Waals surface area contributed by atoms with E-state index in [-0.39, 0.29) is 21.5 Å². The van der Waals surface area contributed by atoms with Crippen molar-refractivity contribution in [1.29, 1.82) is 0 Å². The van der Waals surface area contributed by atoms with E-state index in [0.717, 1.165) is 13.1 Å². The average molecular weight is 220 g/mol. The summed E-state index contributed by atoms with van der Waals surface area (Å²) in [5.74, 6) is 0.0865. The SMILES string of the molecule is COC(OC)[SiH2]CCCNCC(C)N. The summed E-state index contributed by atoms with van der Waals surface area (Å²) in [7, 11) is 3.17. The average Bonchev–Trinajstić information content (AvgIpc) is 2.16. The van der Waals surface area contributed by atoms with Crippen LogP contribution in [0.5, 0.6) is 0 Å². The third-order valence-corrected chi connectivity index (χ3v) is 4.08. The molecular weight excluding hydrogens is 196 g/mol. The zero-order valence-electron chi connectivity index (χ0n) is 9.58. The van der Waals surface area contributed by atoms with Crippen LogP contribution in [0.1, 0.15) is 13.3 Å². The molecular formula is C9H24N2O2Si. The van der Waals surface area contributed by atoms with Gasteiger partial charge in [0, 0.05) is 26.8 Å². The lowest BCUT2D eigenvalue weighted by Crippen LogP contribution is -2.32. The first-order valence-electron chi connectivity index (χ1n) is 5.22. The van der Waals surface area contributed by atoms with Crippen molar-refractivity contribution in [3.8, 4) is 0 Å². The second-order valence-electron chi connectivity index (χ2n) is 3.58. The highest BCUT2D eigenvalue weighted by molar-refractivity contribution is 6.36. The van der Waals surface area contributed by atoms with Crippen molar-refractivity contribution in [1.82, 2.24) is 5.32 Å². The van der Waals surface area contributed by atoms with Gasteiger partial charge in [-0.05, 0) is 19.9 Å². The van der Waals surface area contributed by atoms with Crippen LogP contribution in [-0.4, -0.2) is 48.8 Å². The summed E-state index contributed by atoms with van der Waals surface area (Å²) in [5.41, 5.74) is 5.60. The van der Waals surface area contributed by atoms with E-state index in [9.17, 15) is 0 Å². The van der Waals surface area contributed by atoms with E-state index in [1.807, 2.05) is 6.92 Å². The van der Waals surface area contributed by atoms with Gasteiger partial charge in [-0.1, -0.05) is 6.04 Å². The lowest BCUT2D eigenvalue weighted by Gasteiger charge is -2.12. The highest BCUT2D eigenvalue weighted by Gasteiger charge is 2.04. The van der Waals surface area contributed by atoms with Crippen LogP contribution >= 0.6 is 0 Å². The Morgan fingerprint density at radius 3 is 2.50 bits per heavy atom. The van der Waals surface area contributed by atoms with Crippen LogP contribution in [-0.2, 0) is 9.47 Å². The second-order valence-corrected chi connectivity index (χ2v) is 5.53. The fourth-order valence-corrected chi connectivity index (χ4v) is 2.57. The predicted molar refractivity (Wildman–Crippen MR) is 62.3 cm³/mol. The highest BCUT2D eigenvalue weighted by atomic mass is 28.2. The Balaban J connectivity index is 3.12. The summed E-state index contributed by atoms with van der Waals surface area (Å²) in [5, 5.41) is 3.31. The Morgan fingerprint density at radius 2 is 2.00 bits per heavy atom. The molecule has 0 amide bonds. The van der Waals surface area contributed by atoms with Crippen molar-refractivity contribution in [2.45, 2.75) is 31.3 Å². The summed E-state index contributed by atoms with van der Waals surface area (Å²) >= 11 is 0. The maximum Gasteiger partial charge on any atom is 0.134 e. The summed E-state index contributed by atoms with van der Waals surface area (Å²) < 4.78 is 10.3. The number of ether oxygens (including phenoxy) is 2. The van der Waals surface area contributed by atoms with E-state index >= 15 is 0 Å². The van der Waals surface area contributed by atoms with E-state index < -0.39 is 0 Å². The molecule has 0 heterocycles. The molecule has 0 spiro atoms. The van der Waals surface area contributed by atoms with E-state index in [1.165, 1.54) is 12.5 Å². The van der Waals surface area contributed by atoms with Gasteiger partial charge in [0.15, 0.2) is 0 Å². The monoisotopic (exact) mass is 220 g/mol. The summed E-state index contributed by atoms with van der Waals surface area (Å²) in [4.78, 5) is 0. The van der Waals surface area contributed by atoms with Gasteiger partial charge >= 0.3 is 0 Å². The fraction of sp³-hybridized carbons (Fsp3) is 1.00. The molecule has 0 rings (SSSR count). The smallest absolute Gasteiger partial charge is 0.134 e. The van der Waals surface area contributed by atoms with Gasteiger partial charge in [-0.2, -0.15) is 0 Å². The molecule has 0 aliphatic carbocycles. The summed E-state index contributed by atoms with van der Waals surface area (Å²) in [6, 6.07) is 1.50. The van der Waals surface area contributed by atoms with Crippen LogP contribution in [0.3, 0.4) is 0 Å². The third kappa shape index (κ3) is 8.65. The Labute approximate surface area is 89.3 Å². The maximum absolute atomic E-state index is 5.60. The Hall–Kier alpha value is 0.0569. The molecule has 86 valence electrons. The predicted octanol–water partition coefficient (Wildman–Crippen LogP) is -0.523. The topological polar surface area (TPSA) is 56.5 Å². The van der Waals surface area contributed by atoms with Gasteiger partial charge < -0.3 is 20.5 Å². The van der Waals surface area contributed by atoms with Crippen LogP contribution in [0.2, 0.25) is 6.04 Å². The lowest BCUT2D eigenvalue weighted by atomic mass is 10.3. The minimum atomic E-state index is -0.238. The molecule has 4 nitrogen and oxygen atoms in total. The molecule has 0 aliphatic heterocycles. The van der Waals surface area contributed by atoms with Crippen molar-refractivity contribution < 1.29 is 9.47 Å². The van der Waals surface area contributed by atoms with Crippen LogP contribution in [0.15, 0.2) is 0 Å². The zero-order valence-corrected chi connectivity index (χ0v) is 11.0. The number of hydrogen-bond acceptors (Lipinski definition) is 4. The maximum atomic E-state index is 5.60. The molecule has 0 fully saturated rings. The van der Waals surface area contributed by atoms with Gasteiger partial charge in [0.2, 0.25) is 0 Å². The first-order chi connectivity index (χ1) is 6.70. The molecule has 1 atom stereocenters. The lowest BCUT2D eigenvalue weighted by molar-refractivity contribution is -0.0441. The van der Waals surface area contributed by atoms with Crippen LogP contribution in [0.25, 0.3) is 0 Å². The number of methoxy groups -OCH3 is 2. The largest absolute Gasteiger partial charge is 0.360 e. The highest BCUT2D eigenvalue weighted by Crippen LogP contribution is 1.95. The van der Waals surface area contributed by atoms with E-state index in [4.69, 9.17) is 15.2 Å². The van der Waals surface area contributed by atoms with Crippen LogP contribution in [0, 0.1) is 0 Å². The van der Waals surface area contributed by atoms with Crippen molar-refractivity contribution >= 4 is 9.52 Å². The van der Waals surface area contributed by atoms with Gasteiger partial charge in [0.25, 0.3) is 0 Å². The van der Waals surface area contributed by atoms with Gasteiger partial charge in [-0.3, -0.25) is 0 Å². The van der Waals surface area contributed by atoms with Crippen molar-refractivity contribution in [3.63, 3.8) is 0 Å². The molecule has 0 radical (unpaired) electrons. The first-order valence-corrected chi connectivity index (χ1v) is 7.04. The minimum absolute atomic E-state index is 0.0865. The number of hydrogen-bond donors (Lipinski definition) is 2. The van der Waals surface area contributed by atoms with E-state index in [0.29, 0.717) is 0 Å². The molecule has 5 heteroatoms. The molecule has 1 unspecified atom stereocenters. The minimum Gasteiger partial charge on any atom is -0.360 e. The number of nitrogens with one attached hydrogen (secondary N) is 1. The standard InChI is InChI=1S/C9H24N2O2Si/c1-8(10)7-11-5-4-6-14-9(12-2)13-3/h8-9,11H,4-7,10,14H2,1-3H3. The van der Waals surface area contributed by atoms with Crippen molar-refractivity contribution in [2.24, 2.45) is 5.73 Å². The molecule has 0 saturated carbocycles. The summed E-state index contributed by atoms with van der Waals surface area (Å²) in [6.45, 7) is 3.96. The third-order valence-electron chi connectivity index (χ3n) is 2.04. The molecule has 0 aromatic carbocycles. The zero-order chi connectivity index (χ0) is 10.8. The molecule has 14 heavy (non-hydrogen) atoms. The Morgan fingerprint density at radius 1 is 1.36 bits per heavy atom. The second kappa shape index (κ2) is 9.61. The van der Waals surface area contributed by atoms with Gasteiger partial charge in [-0.15, -0.1) is 0 Å². The van der Waals surface area contributed by atoms with E-state index in [1.54, 1.807) is 14.2 Å². The molecule has 0 aromatic heterocycles. The normalized spacial score (nSPS) is 14.4. The molecule has 3 N–H and O–H groups in total. The quantitative estimate of drug-likeness (QED) is 0.312. The molecule has 0 saturated heterocycles. The van der Waals surface area contributed by atoms with Gasteiger partial charge in [0.05, 0.1) is 9.52 Å². The van der Waals surface area contributed by atoms with Crippen LogP contribution in [0.4, 0.5) is 0 Å². The van der Waals surface area contributed by atoms with Crippen LogP contribution < -0.4 is 11.1 Å². The first kappa shape index (κ1) is 14.1. The number of rotatable bonds is 9.